The molecule has 5 heteroatoms. The van der Waals surface area contributed by atoms with Crippen LogP contribution in [0.15, 0.2) is 27.8 Å². The summed E-state index contributed by atoms with van der Waals surface area (Å²) in [6.45, 7) is 4.27. The van der Waals surface area contributed by atoms with E-state index in [2.05, 4.69) is 32.9 Å². The van der Waals surface area contributed by atoms with Gasteiger partial charge in [0.2, 0.25) is 0 Å². The third kappa shape index (κ3) is 2.96. The number of rotatable bonds is 5. The molecule has 3 N–H and O–H groups in total. The SMILES string of the molecule is CCN(CC1CC1)c1ccc(/C(N)=N/O)c(Br)c1. The van der Waals surface area contributed by atoms with Gasteiger partial charge in [-0.15, -0.1) is 0 Å². The van der Waals surface area contributed by atoms with Crippen molar-refractivity contribution in [2.45, 2.75) is 19.8 Å². The van der Waals surface area contributed by atoms with Gasteiger partial charge < -0.3 is 15.8 Å². The van der Waals surface area contributed by atoms with Crippen LogP contribution in [0, 0.1) is 5.92 Å². The predicted octanol–water partition coefficient (Wildman–Crippen LogP) is 2.78. The lowest BCUT2D eigenvalue weighted by molar-refractivity contribution is 0.318. The molecule has 0 unspecified atom stereocenters. The lowest BCUT2D eigenvalue weighted by Gasteiger charge is -2.23. The Morgan fingerprint density at radius 2 is 2.28 bits per heavy atom. The van der Waals surface area contributed by atoms with Crippen LogP contribution in [0.25, 0.3) is 0 Å². The molecule has 1 aromatic carbocycles. The molecule has 0 amide bonds. The van der Waals surface area contributed by atoms with Crippen LogP contribution in [0.1, 0.15) is 25.3 Å². The number of nitrogens with zero attached hydrogens (tertiary/aromatic N) is 2. The van der Waals surface area contributed by atoms with E-state index in [1.54, 1.807) is 0 Å². The van der Waals surface area contributed by atoms with Crippen molar-refractivity contribution in [3.63, 3.8) is 0 Å². The highest BCUT2D eigenvalue weighted by Gasteiger charge is 2.24. The van der Waals surface area contributed by atoms with Gasteiger partial charge in [-0.3, -0.25) is 0 Å². The van der Waals surface area contributed by atoms with Gasteiger partial charge in [0.15, 0.2) is 5.84 Å². The van der Waals surface area contributed by atoms with Gasteiger partial charge in [-0.05, 0) is 59.8 Å². The van der Waals surface area contributed by atoms with Crippen molar-refractivity contribution in [2.24, 2.45) is 16.8 Å². The highest BCUT2D eigenvalue weighted by molar-refractivity contribution is 9.10. The Bertz CT molecular complexity index is 458. The van der Waals surface area contributed by atoms with Gasteiger partial charge in [-0.25, -0.2) is 0 Å². The van der Waals surface area contributed by atoms with Crippen LogP contribution in [-0.4, -0.2) is 24.1 Å². The summed E-state index contributed by atoms with van der Waals surface area (Å²) >= 11 is 3.47. The molecule has 1 fully saturated rings. The number of hydrogen-bond acceptors (Lipinski definition) is 3. The van der Waals surface area contributed by atoms with E-state index in [-0.39, 0.29) is 5.84 Å². The molecular formula is C13H18BrN3O. The Kier molecular flexibility index (Phi) is 4.11. The molecule has 18 heavy (non-hydrogen) atoms. The minimum atomic E-state index is 0.124. The van der Waals surface area contributed by atoms with Crippen molar-refractivity contribution in [2.75, 3.05) is 18.0 Å². The van der Waals surface area contributed by atoms with E-state index in [0.717, 1.165) is 23.5 Å². The maximum atomic E-state index is 8.70. The first kappa shape index (κ1) is 13.2. The average molecular weight is 312 g/mol. The molecule has 0 saturated heterocycles. The first-order chi connectivity index (χ1) is 8.65. The number of hydrogen-bond donors (Lipinski definition) is 2. The first-order valence-electron chi connectivity index (χ1n) is 6.18. The van der Waals surface area contributed by atoms with E-state index in [1.165, 1.54) is 18.5 Å². The molecule has 2 rings (SSSR count). The van der Waals surface area contributed by atoms with Gasteiger partial charge in [-0.2, -0.15) is 0 Å². The lowest BCUT2D eigenvalue weighted by Crippen LogP contribution is -2.25. The first-order valence-corrected chi connectivity index (χ1v) is 6.97. The van der Waals surface area contributed by atoms with Crippen LogP contribution in [-0.2, 0) is 0 Å². The summed E-state index contributed by atoms with van der Waals surface area (Å²) in [4.78, 5) is 2.36. The smallest absolute Gasteiger partial charge is 0.171 e. The third-order valence-corrected chi connectivity index (χ3v) is 3.91. The van der Waals surface area contributed by atoms with Crippen LogP contribution >= 0.6 is 15.9 Å². The van der Waals surface area contributed by atoms with Crippen LogP contribution in [0.5, 0.6) is 0 Å². The van der Waals surface area contributed by atoms with E-state index in [0.29, 0.717) is 5.56 Å². The Labute approximate surface area is 116 Å². The molecule has 1 aromatic rings. The Balaban J connectivity index is 2.20. The molecule has 1 aliphatic carbocycles. The van der Waals surface area contributed by atoms with Crippen molar-refractivity contribution in [3.05, 3.63) is 28.2 Å². The van der Waals surface area contributed by atoms with Crippen LogP contribution in [0.3, 0.4) is 0 Å². The maximum Gasteiger partial charge on any atom is 0.171 e. The van der Waals surface area contributed by atoms with Gasteiger partial charge in [0.1, 0.15) is 0 Å². The fourth-order valence-corrected chi connectivity index (χ4v) is 2.56. The average Bonchev–Trinajstić information content (AvgIpc) is 3.19. The summed E-state index contributed by atoms with van der Waals surface area (Å²) in [5.41, 5.74) is 7.48. The summed E-state index contributed by atoms with van der Waals surface area (Å²) in [6.07, 6.45) is 2.69. The number of oxime groups is 1. The molecule has 0 spiro atoms. The zero-order valence-electron chi connectivity index (χ0n) is 10.4. The molecule has 1 aliphatic rings. The minimum Gasteiger partial charge on any atom is -0.409 e. The number of halogens is 1. The second-order valence-electron chi connectivity index (χ2n) is 4.63. The van der Waals surface area contributed by atoms with Crippen LogP contribution in [0.4, 0.5) is 5.69 Å². The molecule has 0 bridgehead atoms. The molecule has 0 aromatic heterocycles. The van der Waals surface area contributed by atoms with Crippen molar-refractivity contribution in [1.82, 2.24) is 0 Å². The zero-order valence-corrected chi connectivity index (χ0v) is 12.0. The van der Waals surface area contributed by atoms with E-state index in [1.807, 2.05) is 18.2 Å². The molecule has 1 saturated carbocycles. The number of benzene rings is 1. The molecule has 4 nitrogen and oxygen atoms in total. The quantitative estimate of drug-likeness (QED) is 0.380. The highest BCUT2D eigenvalue weighted by Crippen LogP contribution is 2.32. The molecule has 0 aliphatic heterocycles. The summed E-state index contributed by atoms with van der Waals surface area (Å²) in [5, 5.41) is 11.7. The third-order valence-electron chi connectivity index (χ3n) is 3.26. The van der Waals surface area contributed by atoms with Gasteiger partial charge in [0.25, 0.3) is 0 Å². The second kappa shape index (κ2) is 5.61. The van der Waals surface area contributed by atoms with Crippen LogP contribution < -0.4 is 10.6 Å². The zero-order chi connectivity index (χ0) is 13.1. The molecule has 98 valence electrons. The Morgan fingerprint density at radius 3 is 2.78 bits per heavy atom. The van der Waals surface area contributed by atoms with Crippen molar-refractivity contribution in [1.29, 1.82) is 0 Å². The van der Waals surface area contributed by atoms with E-state index in [4.69, 9.17) is 10.9 Å². The van der Waals surface area contributed by atoms with Crippen molar-refractivity contribution < 1.29 is 5.21 Å². The summed E-state index contributed by atoms with van der Waals surface area (Å²) in [5.74, 6) is 0.978. The predicted molar refractivity (Wildman–Crippen MR) is 77.3 cm³/mol. The fourth-order valence-electron chi connectivity index (χ4n) is 1.99. The minimum absolute atomic E-state index is 0.124. The Morgan fingerprint density at radius 1 is 1.56 bits per heavy atom. The fraction of sp³-hybridized carbons (Fsp3) is 0.462. The van der Waals surface area contributed by atoms with Crippen LogP contribution in [0.2, 0.25) is 0 Å². The van der Waals surface area contributed by atoms with Gasteiger partial charge in [0, 0.05) is 28.8 Å². The molecule has 0 heterocycles. The second-order valence-corrected chi connectivity index (χ2v) is 5.49. The molecule has 0 atom stereocenters. The molecular weight excluding hydrogens is 294 g/mol. The largest absolute Gasteiger partial charge is 0.409 e. The standard InChI is InChI=1S/C13H18BrN3O/c1-2-17(8-9-3-4-9)10-5-6-11(12(14)7-10)13(15)16-18/h5-7,9,18H,2-4,8H2,1H3,(H2,15,16). The maximum absolute atomic E-state index is 8.70. The summed E-state index contributed by atoms with van der Waals surface area (Å²) in [6, 6.07) is 5.92. The van der Waals surface area contributed by atoms with E-state index < -0.39 is 0 Å². The lowest BCUT2D eigenvalue weighted by atomic mass is 10.1. The van der Waals surface area contributed by atoms with E-state index >= 15 is 0 Å². The highest BCUT2D eigenvalue weighted by atomic mass is 79.9. The summed E-state index contributed by atoms with van der Waals surface area (Å²) < 4.78 is 0.851. The van der Waals surface area contributed by atoms with Crippen molar-refractivity contribution in [3.8, 4) is 0 Å². The van der Waals surface area contributed by atoms with Crippen molar-refractivity contribution >= 4 is 27.5 Å². The number of nitrogens with two attached hydrogens (primary N) is 1. The van der Waals surface area contributed by atoms with E-state index in [9.17, 15) is 0 Å². The topological polar surface area (TPSA) is 61.8 Å². The van der Waals surface area contributed by atoms with Gasteiger partial charge in [-0.1, -0.05) is 5.16 Å². The molecule has 0 radical (unpaired) electrons. The Hall–Kier alpha value is -1.23. The summed E-state index contributed by atoms with van der Waals surface area (Å²) in [7, 11) is 0. The van der Waals surface area contributed by atoms with Gasteiger partial charge >= 0.3 is 0 Å². The van der Waals surface area contributed by atoms with Gasteiger partial charge in [0.05, 0.1) is 0 Å². The number of anilines is 1. The monoisotopic (exact) mass is 311 g/mol. The number of amidine groups is 1. The normalized spacial score (nSPS) is 15.8.